The van der Waals surface area contributed by atoms with Crippen LogP contribution >= 0.6 is 0 Å². The highest BCUT2D eigenvalue weighted by Gasteiger charge is 2.38. The Labute approximate surface area is 154 Å². The van der Waals surface area contributed by atoms with E-state index in [0.717, 1.165) is 31.0 Å². The second-order valence-corrected chi connectivity index (χ2v) is 6.99. The van der Waals surface area contributed by atoms with Gasteiger partial charge in [0, 0.05) is 17.2 Å². The molecule has 0 bridgehead atoms. The van der Waals surface area contributed by atoms with Gasteiger partial charge in [-0.15, -0.1) is 0 Å². The number of phenolic OH excluding ortho intramolecular Hbond substituents is 4. The van der Waals surface area contributed by atoms with Gasteiger partial charge in [0.1, 0.15) is 23.0 Å². The van der Waals surface area contributed by atoms with Gasteiger partial charge in [-0.05, 0) is 38.3 Å². The number of hydrogen-bond donors (Lipinski definition) is 4. The normalized spacial score (nSPS) is 21.7. The van der Waals surface area contributed by atoms with Crippen LogP contribution in [0.3, 0.4) is 0 Å². The van der Waals surface area contributed by atoms with Crippen molar-refractivity contribution in [1.29, 1.82) is 0 Å². The van der Waals surface area contributed by atoms with Gasteiger partial charge < -0.3 is 25.2 Å². The van der Waals surface area contributed by atoms with Crippen LogP contribution in [0.1, 0.15) is 69.7 Å². The van der Waals surface area contributed by atoms with Gasteiger partial charge in [0.25, 0.3) is 0 Å². The molecule has 4 rings (SSSR count). The monoisotopic (exact) mass is 370 g/mol. The molecule has 27 heavy (non-hydrogen) atoms. The first-order valence-corrected chi connectivity index (χ1v) is 8.69. The molecule has 7 nitrogen and oxygen atoms in total. The molecule has 7 heteroatoms. The molecule has 0 radical (unpaired) electrons. The van der Waals surface area contributed by atoms with E-state index in [1.807, 2.05) is 6.92 Å². The summed E-state index contributed by atoms with van der Waals surface area (Å²) in [4.78, 5) is 25.7. The van der Waals surface area contributed by atoms with Crippen LogP contribution in [0.2, 0.25) is 0 Å². The van der Waals surface area contributed by atoms with E-state index in [0.29, 0.717) is 6.42 Å². The van der Waals surface area contributed by atoms with Gasteiger partial charge in [0.05, 0.1) is 28.9 Å². The average molecular weight is 370 g/mol. The maximum Gasteiger partial charge on any atom is 0.201 e. The molecule has 140 valence electrons. The molecule has 0 saturated carbocycles. The molecular formula is C20H18O7. The molecule has 2 aromatic rings. The van der Waals surface area contributed by atoms with Crippen LogP contribution in [0.5, 0.6) is 23.0 Å². The zero-order valence-corrected chi connectivity index (χ0v) is 14.5. The van der Waals surface area contributed by atoms with Crippen LogP contribution in [0.25, 0.3) is 0 Å². The number of hydrogen-bond acceptors (Lipinski definition) is 7. The van der Waals surface area contributed by atoms with E-state index in [2.05, 4.69) is 0 Å². The van der Waals surface area contributed by atoms with Crippen molar-refractivity contribution in [2.24, 2.45) is 0 Å². The quantitative estimate of drug-likeness (QED) is 0.519. The van der Waals surface area contributed by atoms with Gasteiger partial charge in [-0.3, -0.25) is 9.59 Å². The molecule has 1 saturated heterocycles. The zero-order chi connectivity index (χ0) is 19.5. The lowest BCUT2D eigenvalue weighted by atomic mass is 9.80. The number of benzene rings is 2. The summed E-state index contributed by atoms with van der Waals surface area (Å²) in [6, 6.07) is 3.17. The Bertz CT molecular complexity index is 993. The van der Waals surface area contributed by atoms with Crippen LogP contribution in [0.15, 0.2) is 18.2 Å². The summed E-state index contributed by atoms with van der Waals surface area (Å²) in [5, 5.41) is 40.9. The van der Waals surface area contributed by atoms with Crippen LogP contribution in [-0.2, 0) is 4.74 Å². The van der Waals surface area contributed by atoms with Gasteiger partial charge in [-0.25, -0.2) is 0 Å². The van der Waals surface area contributed by atoms with Gasteiger partial charge in [0.2, 0.25) is 5.78 Å². The molecular weight excluding hydrogens is 352 g/mol. The molecule has 2 aromatic carbocycles. The van der Waals surface area contributed by atoms with E-state index in [9.17, 15) is 30.0 Å². The van der Waals surface area contributed by atoms with Crippen molar-refractivity contribution in [3.05, 3.63) is 46.0 Å². The number of ether oxygens (including phenoxy) is 1. The van der Waals surface area contributed by atoms with Crippen LogP contribution in [-0.4, -0.2) is 38.1 Å². The molecule has 0 unspecified atom stereocenters. The first kappa shape index (κ1) is 17.4. The summed E-state index contributed by atoms with van der Waals surface area (Å²) in [7, 11) is 0. The molecule has 1 aliphatic carbocycles. The highest BCUT2D eigenvalue weighted by Crippen LogP contribution is 2.47. The third kappa shape index (κ3) is 2.54. The highest BCUT2D eigenvalue weighted by atomic mass is 16.5. The smallest absolute Gasteiger partial charge is 0.201 e. The molecule has 0 amide bonds. The number of fused-ring (bicyclic) bond motifs is 2. The maximum absolute atomic E-state index is 12.9. The van der Waals surface area contributed by atoms with Gasteiger partial charge >= 0.3 is 0 Å². The number of aromatic hydroxyl groups is 4. The third-order valence-electron chi connectivity index (χ3n) is 5.16. The molecule has 2 aliphatic rings. The van der Waals surface area contributed by atoms with E-state index < -0.39 is 29.2 Å². The van der Waals surface area contributed by atoms with Crippen molar-refractivity contribution < 1.29 is 34.8 Å². The third-order valence-corrected chi connectivity index (χ3v) is 5.16. The minimum Gasteiger partial charge on any atom is -0.508 e. The van der Waals surface area contributed by atoms with Crippen molar-refractivity contribution in [3.8, 4) is 23.0 Å². The molecule has 1 fully saturated rings. The van der Waals surface area contributed by atoms with E-state index >= 15 is 0 Å². The summed E-state index contributed by atoms with van der Waals surface area (Å²) in [5.41, 5.74) is -0.847. The maximum atomic E-state index is 12.9. The molecule has 1 aliphatic heterocycles. The zero-order valence-electron chi connectivity index (χ0n) is 14.5. The lowest BCUT2D eigenvalue weighted by Gasteiger charge is -2.30. The topological polar surface area (TPSA) is 124 Å². The fraction of sp³-hybridized carbons (Fsp3) is 0.300. The van der Waals surface area contributed by atoms with Crippen molar-refractivity contribution in [2.75, 3.05) is 0 Å². The Kier molecular flexibility index (Phi) is 3.85. The van der Waals surface area contributed by atoms with Crippen molar-refractivity contribution in [2.45, 2.75) is 38.4 Å². The summed E-state index contributed by atoms with van der Waals surface area (Å²) in [5.74, 6) is -3.20. The van der Waals surface area contributed by atoms with Crippen molar-refractivity contribution >= 4 is 11.6 Å². The van der Waals surface area contributed by atoms with Crippen molar-refractivity contribution in [3.63, 3.8) is 0 Å². The second kappa shape index (κ2) is 5.99. The Balaban J connectivity index is 1.92. The van der Waals surface area contributed by atoms with Gasteiger partial charge in [0.15, 0.2) is 5.78 Å². The second-order valence-electron chi connectivity index (χ2n) is 6.99. The fourth-order valence-electron chi connectivity index (χ4n) is 3.92. The summed E-state index contributed by atoms with van der Waals surface area (Å²) in [6.45, 7) is 1.88. The molecule has 0 spiro atoms. The summed E-state index contributed by atoms with van der Waals surface area (Å²) < 4.78 is 5.80. The number of rotatable bonds is 1. The lowest BCUT2D eigenvalue weighted by Crippen LogP contribution is -2.24. The van der Waals surface area contributed by atoms with Gasteiger partial charge in [-0.2, -0.15) is 0 Å². The number of phenols is 4. The SMILES string of the molecule is C[C@@H]1CCC[C@H](c2c(O)cc3c(c2O)C(=O)c2c(O)cc(O)cc2C3=O)O1. The predicted octanol–water partition coefficient (Wildman–Crippen LogP) is 2.91. The van der Waals surface area contributed by atoms with Crippen LogP contribution < -0.4 is 0 Å². The standard InChI is InChI=1S/C20H18O7/c1-8-3-2-4-14(27-8)17-13(23)7-11-16(20(17)26)19(25)15-10(18(11)24)5-9(21)6-12(15)22/h5-8,14,21-23,26H,2-4H2,1H3/t8-,14-/m1/s1. The van der Waals surface area contributed by atoms with Crippen molar-refractivity contribution in [1.82, 2.24) is 0 Å². The van der Waals surface area contributed by atoms with Gasteiger partial charge in [-0.1, -0.05) is 0 Å². The number of carbonyl (C=O) groups excluding carboxylic acids is 2. The molecule has 1 heterocycles. The minimum atomic E-state index is -0.750. The Hall–Kier alpha value is -3.06. The van der Waals surface area contributed by atoms with E-state index in [4.69, 9.17) is 4.74 Å². The lowest BCUT2D eigenvalue weighted by molar-refractivity contribution is -0.0433. The molecule has 4 N–H and O–H groups in total. The summed E-state index contributed by atoms with van der Waals surface area (Å²) in [6.07, 6.45) is 1.57. The first-order chi connectivity index (χ1) is 12.8. The minimum absolute atomic E-state index is 0.0661. The first-order valence-electron chi connectivity index (χ1n) is 8.69. The van der Waals surface area contributed by atoms with E-state index in [1.165, 1.54) is 0 Å². The predicted molar refractivity (Wildman–Crippen MR) is 93.5 cm³/mol. The molecule has 2 atom stereocenters. The number of ketones is 2. The Morgan fingerprint density at radius 1 is 0.889 bits per heavy atom. The van der Waals surface area contributed by atoms with E-state index in [1.54, 1.807) is 0 Å². The highest BCUT2D eigenvalue weighted by molar-refractivity contribution is 6.30. The Morgan fingerprint density at radius 2 is 1.59 bits per heavy atom. The van der Waals surface area contributed by atoms with E-state index in [-0.39, 0.29) is 45.4 Å². The van der Waals surface area contributed by atoms with Crippen LogP contribution in [0.4, 0.5) is 0 Å². The van der Waals surface area contributed by atoms with Crippen LogP contribution in [0, 0.1) is 0 Å². The summed E-state index contributed by atoms with van der Waals surface area (Å²) >= 11 is 0. The molecule has 0 aromatic heterocycles. The largest absolute Gasteiger partial charge is 0.508 e. The number of carbonyl (C=O) groups is 2. The Morgan fingerprint density at radius 3 is 2.30 bits per heavy atom. The fourth-order valence-corrected chi connectivity index (χ4v) is 3.92. The average Bonchev–Trinajstić information content (AvgIpc) is 2.58.